The van der Waals surface area contributed by atoms with E-state index in [-0.39, 0.29) is 21.2 Å². The second kappa shape index (κ2) is 8.34. The molecule has 1 N–H and O–H groups in total. The Morgan fingerprint density at radius 1 is 0.952 bits per heavy atom. The molecule has 0 bridgehead atoms. The summed E-state index contributed by atoms with van der Waals surface area (Å²) in [5.41, 5.74) is 0.0147. The molecule has 0 unspecified atom stereocenters. The summed E-state index contributed by atoms with van der Waals surface area (Å²) >= 11 is 11.0. The predicted molar refractivity (Wildman–Crippen MR) is 77.6 cm³/mol. The lowest BCUT2D eigenvalue weighted by Gasteiger charge is -1.96. The van der Waals surface area contributed by atoms with Crippen molar-refractivity contribution in [2.24, 2.45) is 5.16 Å². The Hall–Kier alpha value is -1.98. The Morgan fingerprint density at radius 3 is 1.76 bits per heavy atom. The molecule has 0 spiro atoms. The molecule has 0 radical (unpaired) electrons. The molecule has 0 heterocycles. The van der Waals surface area contributed by atoms with Crippen molar-refractivity contribution in [1.82, 2.24) is 0 Å². The number of nitrogens with zero attached hydrogens (tertiary/aromatic N) is 1. The summed E-state index contributed by atoms with van der Waals surface area (Å²) in [5, 5.41) is 11.2. The molecule has 2 rings (SSSR count). The van der Waals surface area contributed by atoms with E-state index < -0.39 is 11.6 Å². The number of carbonyl (C=O) groups excluding carboxylic acids is 1. The number of oxime groups is 1. The van der Waals surface area contributed by atoms with Crippen molar-refractivity contribution in [3.63, 3.8) is 0 Å². The molecule has 0 saturated heterocycles. The van der Waals surface area contributed by atoms with Crippen molar-refractivity contribution >= 4 is 35.7 Å². The maximum absolute atomic E-state index is 12.8. The quantitative estimate of drug-likeness (QED) is 0.379. The Bertz CT molecular complexity index is 623. The first-order valence-corrected chi connectivity index (χ1v) is 6.27. The first kappa shape index (κ1) is 17.1. The third kappa shape index (κ3) is 4.81. The molecule has 0 atom stereocenters. The topological polar surface area (TPSA) is 49.7 Å². The highest BCUT2D eigenvalue weighted by Gasteiger charge is 2.03. The van der Waals surface area contributed by atoms with Crippen molar-refractivity contribution in [2.45, 2.75) is 0 Å². The van der Waals surface area contributed by atoms with Gasteiger partial charge in [-0.15, -0.1) is 0 Å². The van der Waals surface area contributed by atoms with Crippen LogP contribution in [0, 0.1) is 11.6 Å². The number of hydrogen-bond donors (Lipinski definition) is 1. The fraction of sp³-hybridized carbons (Fsp3) is 0. The third-order valence-corrected chi connectivity index (χ3v) is 2.96. The zero-order chi connectivity index (χ0) is 15.8. The summed E-state index contributed by atoms with van der Waals surface area (Å²) in [7, 11) is 0. The fourth-order valence-corrected chi connectivity index (χ4v) is 1.73. The van der Waals surface area contributed by atoms with Gasteiger partial charge in [0.15, 0.2) is 6.29 Å². The molecule has 0 aliphatic carbocycles. The number of hydrogen-bond acceptors (Lipinski definition) is 3. The monoisotopic (exact) mass is 331 g/mol. The Morgan fingerprint density at radius 2 is 1.43 bits per heavy atom. The molecule has 0 aliphatic heterocycles. The van der Waals surface area contributed by atoms with Gasteiger partial charge in [-0.3, -0.25) is 4.79 Å². The highest BCUT2D eigenvalue weighted by Crippen LogP contribution is 2.16. The van der Waals surface area contributed by atoms with Crippen LogP contribution >= 0.6 is 23.2 Å². The van der Waals surface area contributed by atoms with Gasteiger partial charge < -0.3 is 5.21 Å². The molecular formula is C14H9Cl2F2NO2. The molecule has 0 aromatic heterocycles. The average molecular weight is 332 g/mol. The van der Waals surface area contributed by atoms with Crippen LogP contribution in [0.5, 0.6) is 0 Å². The molecular weight excluding hydrogens is 323 g/mol. The van der Waals surface area contributed by atoms with Gasteiger partial charge in [0.25, 0.3) is 0 Å². The second-order valence-corrected chi connectivity index (χ2v) is 4.45. The van der Waals surface area contributed by atoms with Crippen LogP contribution in [-0.4, -0.2) is 17.7 Å². The van der Waals surface area contributed by atoms with Gasteiger partial charge >= 0.3 is 0 Å². The average Bonchev–Trinajstić information content (AvgIpc) is 2.44. The van der Waals surface area contributed by atoms with E-state index in [9.17, 15) is 13.6 Å². The maximum atomic E-state index is 12.8. The molecule has 7 heteroatoms. The van der Waals surface area contributed by atoms with E-state index in [1.807, 2.05) is 0 Å². The van der Waals surface area contributed by atoms with Crippen LogP contribution in [0.3, 0.4) is 0 Å². The number of rotatable bonds is 2. The van der Waals surface area contributed by atoms with E-state index in [2.05, 4.69) is 5.16 Å². The van der Waals surface area contributed by atoms with E-state index in [1.54, 1.807) is 0 Å². The van der Waals surface area contributed by atoms with Crippen LogP contribution < -0.4 is 0 Å². The summed E-state index contributed by atoms with van der Waals surface area (Å²) in [4.78, 5) is 10.1. The van der Waals surface area contributed by atoms with Crippen LogP contribution in [-0.2, 0) is 0 Å². The first-order valence-electron chi connectivity index (χ1n) is 5.52. The third-order valence-electron chi connectivity index (χ3n) is 2.30. The van der Waals surface area contributed by atoms with Gasteiger partial charge in [0.05, 0.1) is 27.4 Å². The molecule has 0 saturated carbocycles. The van der Waals surface area contributed by atoms with Crippen LogP contribution in [0.4, 0.5) is 8.78 Å². The summed E-state index contributed by atoms with van der Waals surface area (Å²) < 4.78 is 25.3. The number of halogens is 4. The molecule has 0 fully saturated rings. The molecule has 2 aromatic rings. The van der Waals surface area contributed by atoms with Gasteiger partial charge in [0.2, 0.25) is 0 Å². The zero-order valence-electron chi connectivity index (χ0n) is 10.4. The van der Waals surface area contributed by atoms with Crippen LogP contribution in [0.2, 0.25) is 10.0 Å². The Kier molecular flexibility index (Phi) is 6.78. The SMILES string of the molecule is O/N=C/c1c(F)cccc1Cl.O=Cc1c(F)cccc1Cl. The normalized spacial score (nSPS) is 10.1. The number of aldehydes is 1. The second-order valence-electron chi connectivity index (χ2n) is 3.63. The molecule has 0 aliphatic rings. The van der Waals surface area contributed by atoms with Crippen molar-refractivity contribution in [1.29, 1.82) is 0 Å². The minimum absolute atomic E-state index is 0.0795. The van der Waals surface area contributed by atoms with Gasteiger partial charge in [-0.25, -0.2) is 8.78 Å². The van der Waals surface area contributed by atoms with E-state index in [0.717, 1.165) is 6.21 Å². The number of benzene rings is 2. The maximum Gasteiger partial charge on any atom is 0.154 e. The molecule has 2 aromatic carbocycles. The number of carbonyl (C=O) groups is 1. The van der Waals surface area contributed by atoms with Crippen LogP contribution in [0.25, 0.3) is 0 Å². The minimum atomic E-state index is -0.581. The summed E-state index contributed by atoms with van der Waals surface area (Å²) in [6.07, 6.45) is 1.36. The van der Waals surface area contributed by atoms with Gasteiger partial charge in [0.1, 0.15) is 11.6 Å². The summed E-state index contributed by atoms with van der Waals surface area (Å²) in [6.45, 7) is 0. The highest BCUT2D eigenvalue weighted by atomic mass is 35.5. The minimum Gasteiger partial charge on any atom is -0.411 e. The van der Waals surface area contributed by atoms with Gasteiger partial charge in [-0.05, 0) is 24.3 Å². The summed E-state index contributed by atoms with van der Waals surface area (Å²) in [5.74, 6) is -1.09. The Balaban J connectivity index is 0.000000211. The smallest absolute Gasteiger partial charge is 0.154 e. The lowest BCUT2D eigenvalue weighted by Crippen LogP contribution is -1.88. The van der Waals surface area contributed by atoms with Crippen LogP contribution in [0.1, 0.15) is 15.9 Å². The molecule has 21 heavy (non-hydrogen) atoms. The van der Waals surface area contributed by atoms with E-state index >= 15 is 0 Å². The van der Waals surface area contributed by atoms with Crippen molar-refractivity contribution in [3.8, 4) is 0 Å². The van der Waals surface area contributed by atoms with Gasteiger partial charge in [-0.1, -0.05) is 40.5 Å². The molecule has 3 nitrogen and oxygen atoms in total. The lowest BCUT2D eigenvalue weighted by atomic mass is 10.2. The first-order chi connectivity index (χ1) is 10.0. The standard InChI is InChI=1S/C7H5ClFNO.C7H4ClFO/c8-6-2-1-3-7(9)5(6)4-10-11;8-6-2-1-3-7(9)5(6)4-10/h1-4,11H;1-4H/b10-4+;. The van der Waals surface area contributed by atoms with Crippen LogP contribution in [0.15, 0.2) is 41.6 Å². The lowest BCUT2D eigenvalue weighted by molar-refractivity contribution is 0.112. The molecule has 0 amide bonds. The van der Waals surface area contributed by atoms with Crippen molar-refractivity contribution in [3.05, 3.63) is 69.2 Å². The summed E-state index contributed by atoms with van der Waals surface area (Å²) in [6, 6.07) is 8.34. The Labute approximate surface area is 129 Å². The predicted octanol–water partition coefficient (Wildman–Crippen LogP) is 4.58. The van der Waals surface area contributed by atoms with Gasteiger partial charge in [0, 0.05) is 0 Å². The highest BCUT2D eigenvalue weighted by molar-refractivity contribution is 6.33. The van der Waals surface area contributed by atoms with E-state index in [0.29, 0.717) is 6.29 Å². The van der Waals surface area contributed by atoms with E-state index in [4.69, 9.17) is 28.4 Å². The van der Waals surface area contributed by atoms with Gasteiger partial charge in [-0.2, -0.15) is 0 Å². The van der Waals surface area contributed by atoms with E-state index in [1.165, 1.54) is 36.4 Å². The largest absolute Gasteiger partial charge is 0.411 e. The zero-order valence-corrected chi connectivity index (χ0v) is 11.9. The fourth-order valence-electron chi connectivity index (χ4n) is 1.32. The molecule has 110 valence electrons. The van der Waals surface area contributed by atoms with Crippen molar-refractivity contribution < 1.29 is 18.8 Å². The van der Waals surface area contributed by atoms with Crippen molar-refractivity contribution in [2.75, 3.05) is 0 Å².